The first-order valence-corrected chi connectivity index (χ1v) is 4.62. The Kier molecular flexibility index (Phi) is 2.69. The van der Waals surface area contributed by atoms with Gasteiger partial charge in [-0.15, -0.1) is 0 Å². The third kappa shape index (κ3) is 2.57. The Morgan fingerprint density at radius 3 is 2.87 bits per heavy atom. The van der Waals surface area contributed by atoms with Crippen molar-refractivity contribution in [3.05, 3.63) is 41.8 Å². The molecule has 0 radical (unpaired) electrons. The molecule has 4 nitrogen and oxygen atoms in total. The summed E-state index contributed by atoms with van der Waals surface area (Å²) in [5, 5.41) is 0.511. The van der Waals surface area contributed by atoms with Crippen LogP contribution in [-0.4, -0.2) is 9.97 Å². The van der Waals surface area contributed by atoms with Gasteiger partial charge in [-0.3, -0.25) is 4.98 Å². The summed E-state index contributed by atoms with van der Waals surface area (Å²) in [6.07, 6.45) is 4.65. The number of ether oxygens (including phenoxy) is 1. The zero-order valence-electron chi connectivity index (χ0n) is 7.72. The van der Waals surface area contributed by atoms with Crippen LogP contribution in [0.5, 0.6) is 11.6 Å². The van der Waals surface area contributed by atoms with Crippen LogP contribution in [0.4, 0.5) is 5.69 Å². The summed E-state index contributed by atoms with van der Waals surface area (Å²) < 4.78 is 5.40. The van der Waals surface area contributed by atoms with Crippen LogP contribution in [0.1, 0.15) is 0 Å². The molecular formula is C10H8ClN3O. The first-order chi connectivity index (χ1) is 7.24. The molecule has 0 saturated carbocycles. The predicted molar refractivity (Wildman–Crippen MR) is 58.0 cm³/mol. The first-order valence-electron chi connectivity index (χ1n) is 4.24. The van der Waals surface area contributed by atoms with Gasteiger partial charge in [0, 0.05) is 30.2 Å². The molecule has 2 N–H and O–H groups in total. The van der Waals surface area contributed by atoms with E-state index in [0.717, 1.165) is 0 Å². The van der Waals surface area contributed by atoms with Gasteiger partial charge in [-0.1, -0.05) is 11.6 Å². The van der Waals surface area contributed by atoms with Crippen LogP contribution in [0.15, 0.2) is 36.8 Å². The number of nitrogen functional groups attached to an aromatic ring is 1. The number of hydrogen-bond acceptors (Lipinski definition) is 4. The van der Waals surface area contributed by atoms with E-state index in [1.54, 1.807) is 30.6 Å². The number of hydrogen-bond donors (Lipinski definition) is 1. The number of nitrogens with two attached hydrogens (primary N) is 1. The lowest BCUT2D eigenvalue weighted by atomic mass is 10.4. The highest BCUT2D eigenvalue weighted by molar-refractivity contribution is 6.30. The van der Waals surface area contributed by atoms with Gasteiger partial charge in [0.1, 0.15) is 5.75 Å². The SMILES string of the molecule is Nc1ccnc(Oc2cncc(Cl)c2)c1. The van der Waals surface area contributed by atoms with Gasteiger partial charge in [0.2, 0.25) is 5.88 Å². The molecule has 0 spiro atoms. The van der Waals surface area contributed by atoms with Crippen molar-refractivity contribution in [3.63, 3.8) is 0 Å². The lowest BCUT2D eigenvalue weighted by Crippen LogP contribution is -1.91. The lowest BCUT2D eigenvalue weighted by molar-refractivity contribution is 0.461. The second-order valence-electron chi connectivity index (χ2n) is 2.87. The van der Waals surface area contributed by atoms with Crippen LogP contribution in [0, 0.1) is 0 Å². The smallest absolute Gasteiger partial charge is 0.221 e. The highest BCUT2D eigenvalue weighted by atomic mass is 35.5. The molecule has 0 fully saturated rings. The summed E-state index contributed by atoms with van der Waals surface area (Å²) in [4.78, 5) is 7.88. The van der Waals surface area contributed by atoms with E-state index in [4.69, 9.17) is 22.1 Å². The standard InChI is InChI=1S/C10H8ClN3O/c11-7-3-9(6-13-5-7)15-10-4-8(12)1-2-14-10/h1-6H,(H2,12,14). The molecule has 0 atom stereocenters. The summed E-state index contributed by atoms with van der Waals surface area (Å²) in [5.74, 6) is 0.944. The van der Waals surface area contributed by atoms with Crippen molar-refractivity contribution in [2.24, 2.45) is 0 Å². The fourth-order valence-corrected chi connectivity index (χ4v) is 1.21. The third-order valence-electron chi connectivity index (χ3n) is 1.66. The van der Waals surface area contributed by atoms with E-state index < -0.39 is 0 Å². The zero-order valence-corrected chi connectivity index (χ0v) is 8.48. The predicted octanol–water partition coefficient (Wildman–Crippen LogP) is 2.50. The van der Waals surface area contributed by atoms with E-state index in [9.17, 15) is 0 Å². The normalized spacial score (nSPS) is 9.93. The molecule has 2 heterocycles. The van der Waals surface area contributed by atoms with Crippen molar-refractivity contribution >= 4 is 17.3 Å². The van der Waals surface area contributed by atoms with E-state index in [1.165, 1.54) is 6.20 Å². The Labute approximate surface area is 91.7 Å². The van der Waals surface area contributed by atoms with Gasteiger partial charge < -0.3 is 10.5 Å². The second kappa shape index (κ2) is 4.14. The molecule has 76 valence electrons. The molecule has 5 heteroatoms. The van der Waals surface area contributed by atoms with Crippen molar-refractivity contribution in [2.75, 3.05) is 5.73 Å². The largest absolute Gasteiger partial charge is 0.437 e. The third-order valence-corrected chi connectivity index (χ3v) is 1.87. The molecule has 0 amide bonds. The van der Waals surface area contributed by atoms with Crippen molar-refractivity contribution in [1.82, 2.24) is 9.97 Å². The number of anilines is 1. The molecule has 0 aliphatic heterocycles. The lowest BCUT2D eigenvalue weighted by Gasteiger charge is -2.04. The average Bonchev–Trinajstić information content (AvgIpc) is 2.17. The number of nitrogens with zero attached hydrogens (tertiary/aromatic N) is 2. The van der Waals surface area contributed by atoms with Crippen LogP contribution in [0.2, 0.25) is 5.02 Å². The fraction of sp³-hybridized carbons (Fsp3) is 0. The minimum atomic E-state index is 0.416. The molecule has 2 rings (SSSR count). The number of pyridine rings is 2. The minimum Gasteiger partial charge on any atom is -0.437 e. The van der Waals surface area contributed by atoms with Gasteiger partial charge in [-0.2, -0.15) is 0 Å². The van der Waals surface area contributed by atoms with Crippen LogP contribution >= 0.6 is 11.6 Å². The van der Waals surface area contributed by atoms with E-state index in [0.29, 0.717) is 22.3 Å². The highest BCUT2D eigenvalue weighted by Gasteiger charge is 1.99. The van der Waals surface area contributed by atoms with Gasteiger partial charge >= 0.3 is 0 Å². The van der Waals surface area contributed by atoms with E-state index in [2.05, 4.69) is 9.97 Å². The Balaban J connectivity index is 2.22. The summed E-state index contributed by atoms with van der Waals surface area (Å²) in [7, 11) is 0. The summed E-state index contributed by atoms with van der Waals surface area (Å²) in [6, 6.07) is 4.96. The van der Waals surface area contributed by atoms with Gasteiger partial charge in [-0.05, 0) is 6.07 Å². The van der Waals surface area contributed by atoms with Gasteiger partial charge in [0.15, 0.2) is 0 Å². The van der Waals surface area contributed by atoms with Crippen LogP contribution in [-0.2, 0) is 0 Å². The Morgan fingerprint density at radius 1 is 1.27 bits per heavy atom. The van der Waals surface area contributed by atoms with E-state index >= 15 is 0 Å². The minimum absolute atomic E-state index is 0.416. The number of rotatable bonds is 2. The Hall–Kier alpha value is -1.81. The molecule has 0 saturated heterocycles. The fourth-order valence-electron chi connectivity index (χ4n) is 1.05. The Bertz CT molecular complexity index is 432. The average molecular weight is 222 g/mol. The molecule has 15 heavy (non-hydrogen) atoms. The van der Waals surface area contributed by atoms with Gasteiger partial charge in [-0.25, -0.2) is 4.98 Å². The van der Waals surface area contributed by atoms with Crippen LogP contribution < -0.4 is 10.5 Å². The maximum atomic E-state index is 5.75. The topological polar surface area (TPSA) is 61.0 Å². The summed E-state index contributed by atoms with van der Waals surface area (Å²) in [6.45, 7) is 0. The van der Waals surface area contributed by atoms with Gasteiger partial charge in [0.05, 0.1) is 11.2 Å². The van der Waals surface area contributed by atoms with Crippen LogP contribution in [0.3, 0.4) is 0 Å². The molecule has 0 aliphatic rings. The maximum absolute atomic E-state index is 5.75. The first kappa shape index (κ1) is 9.73. The van der Waals surface area contributed by atoms with Crippen molar-refractivity contribution in [2.45, 2.75) is 0 Å². The van der Waals surface area contributed by atoms with E-state index in [-0.39, 0.29) is 0 Å². The second-order valence-corrected chi connectivity index (χ2v) is 3.30. The molecule has 2 aromatic rings. The number of aromatic nitrogens is 2. The quantitative estimate of drug-likeness (QED) is 0.847. The van der Waals surface area contributed by atoms with Crippen molar-refractivity contribution in [3.8, 4) is 11.6 Å². The molecule has 0 unspecified atom stereocenters. The zero-order chi connectivity index (χ0) is 10.7. The molecule has 0 bridgehead atoms. The molecule has 2 aromatic heterocycles. The summed E-state index contributed by atoms with van der Waals surface area (Å²) >= 11 is 5.75. The monoisotopic (exact) mass is 221 g/mol. The maximum Gasteiger partial charge on any atom is 0.221 e. The highest BCUT2D eigenvalue weighted by Crippen LogP contribution is 2.22. The summed E-state index contributed by atoms with van der Waals surface area (Å²) in [5.41, 5.74) is 6.17. The number of halogens is 1. The molecular weight excluding hydrogens is 214 g/mol. The molecule has 0 aliphatic carbocycles. The van der Waals surface area contributed by atoms with E-state index in [1.807, 2.05) is 0 Å². The van der Waals surface area contributed by atoms with Crippen molar-refractivity contribution < 1.29 is 4.74 Å². The molecule has 0 aromatic carbocycles. The van der Waals surface area contributed by atoms with Crippen LogP contribution in [0.25, 0.3) is 0 Å². The van der Waals surface area contributed by atoms with Gasteiger partial charge in [0.25, 0.3) is 0 Å². The Morgan fingerprint density at radius 2 is 2.13 bits per heavy atom. The van der Waals surface area contributed by atoms with Crippen molar-refractivity contribution in [1.29, 1.82) is 0 Å².